The van der Waals surface area contributed by atoms with E-state index in [4.69, 9.17) is 4.74 Å². The predicted molar refractivity (Wildman–Crippen MR) is 82.2 cm³/mol. The van der Waals surface area contributed by atoms with Gasteiger partial charge in [-0.15, -0.1) is 0 Å². The van der Waals surface area contributed by atoms with Crippen molar-refractivity contribution in [2.24, 2.45) is 0 Å². The number of nitrogens with zero attached hydrogens (tertiary/aromatic N) is 1. The van der Waals surface area contributed by atoms with Crippen molar-refractivity contribution in [3.8, 4) is 0 Å². The van der Waals surface area contributed by atoms with Crippen molar-refractivity contribution in [1.29, 1.82) is 0 Å². The Hall–Kier alpha value is -1.49. The lowest BCUT2D eigenvalue weighted by Gasteiger charge is -2.37. The molecule has 2 rings (SSSR count). The third-order valence-corrected chi connectivity index (χ3v) is 3.67. The molecule has 21 heavy (non-hydrogen) atoms. The van der Waals surface area contributed by atoms with E-state index in [1.54, 1.807) is 4.90 Å². The van der Waals surface area contributed by atoms with Crippen molar-refractivity contribution in [2.45, 2.75) is 51.7 Å². The highest BCUT2D eigenvalue weighted by Crippen LogP contribution is 2.24. The average molecular weight is 294 g/mol. The van der Waals surface area contributed by atoms with E-state index in [0.717, 1.165) is 25.1 Å². The number of hydrogen-bond acceptors (Lipinski definition) is 4. The summed E-state index contributed by atoms with van der Waals surface area (Å²) in [6.45, 7) is 7.76. The van der Waals surface area contributed by atoms with Gasteiger partial charge < -0.3 is 20.1 Å². The number of hydrogen-bond donors (Lipinski definition) is 2. The molecule has 1 aliphatic carbocycles. The lowest BCUT2D eigenvalue weighted by molar-refractivity contribution is 0.0121. The van der Waals surface area contributed by atoms with Crippen molar-refractivity contribution in [3.63, 3.8) is 0 Å². The van der Waals surface area contributed by atoms with Crippen LogP contribution in [0.1, 0.15) is 40.0 Å². The van der Waals surface area contributed by atoms with Crippen LogP contribution in [0.2, 0.25) is 0 Å². The molecule has 1 amide bonds. The third kappa shape index (κ3) is 4.49. The summed E-state index contributed by atoms with van der Waals surface area (Å²) in [7, 11) is 0. The molecule has 1 unspecified atom stereocenters. The molecule has 5 nitrogen and oxygen atoms in total. The van der Waals surface area contributed by atoms with E-state index in [0.29, 0.717) is 25.1 Å². The number of rotatable bonds is 2. The summed E-state index contributed by atoms with van der Waals surface area (Å²) in [4.78, 5) is 14.1. The largest absolute Gasteiger partial charge is 0.512 e. The Morgan fingerprint density at radius 3 is 2.95 bits per heavy atom. The Morgan fingerprint density at radius 2 is 2.29 bits per heavy atom. The lowest BCUT2D eigenvalue weighted by atomic mass is 9.97. The zero-order valence-corrected chi connectivity index (χ0v) is 13.2. The standard InChI is InChI=1S/C16H26N2O3/c1-16(2,3)21-15(20)18-9-8-17-11-13(18)10-12-6-4-5-7-14(12)19/h4,6,13,17,19H,5,7-11H2,1-3H3. The molecular formula is C16H26N2O3. The van der Waals surface area contributed by atoms with Gasteiger partial charge in [0.1, 0.15) is 5.60 Å². The van der Waals surface area contributed by atoms with Crippen LogP contribution in [0.4, 0.5) is 4.79 Å². The van der Waals surface area contributed by atoms with Crippen LogP contribution in [0.15, 0.2) is 23.5 Å². The molecule has 0 saturated carbocycles. The van der Waals surface area contributed by atoms with Gasteiger partial charge in [0, 0.05) is 26.1 Å². The molecule has 0 aromatic carbocycles. The van der Waals surface area contributed by atoms with Gasteiger partial charge in [0.05, 0.1) is 11.8 Å². The zero-order valence-electron chi connectivity index (χ0n) is 13.2. The van der Waals surface area contributed by atoms with Gasteiger partial charge >= 0.3 is 6.09 Å². The highest BCUT2D eigenvalue weighted by atomic mass is 16.6. The smallest absolute Gasteiger partial charge is 0.410 e. The Kier molecular flexibility index (Phi) is 4.93. The molecule has 5 heteroatoms. The normalized spacial score (nSPS) is 23.4. The quantitative estimate of drug-likeness (QED) is 0.822. The van der Waals surface area contributed by atoms with E-state index in [2.05, 4.69) is 11.4 Å². The number of carbonyl (C=O) groups is 1. The predicted octanol–water partition coefficient (Wildman–Crippen LogP) is 2.75. The van der Waals surface area contributed by atoms with Crippen LogP contribution in [-0.2, 0) is 4.74 Å². The van der Waals surface area contributed by atoms with Gasteiger partial charge in [0.15, 0.2) is 0 Å². The maximum absolute atomic E-state index is 12.3. The fourth-order valence-corrected chi connectivity index (χ4v) is 2.65. The van der Waals surface area contributed by atoms with Crippen LogP contribution in [0.5, 0.6) is 0 Å². The van der Waals surface area contributed by atoms with Crippen molar-refractivity contribution >= 4 is 6.09 Å². The SMILES string of the molecule is CC(C)(C)OC(=O)N1CCNCC1CC1=C(O)CCC=C1. The molecule has 0 radical (unpaired) electrons. The number of piperazine rings is 1. The van der Waals surface area contributed by atoms with Crippen molar-refractivity contribution < 1.29 is 14.6 Å². The highest BCUT2D eigenvalue weighted by molar-refractivity contribution is 5.69. The van der Waals surface area contributed by atoms with Gasteiger partial charge in [-0.05, 0) is 39.2 Å². The molecular weight excluding hydrogens is 268 g/mol. The zero-order chi connectivity index (χ0) is 15.5. The molecule has 0 bridgehead atoms. The molecule has 1 heterocycles. The fraction of sp³-hybridized carbons (Fsp3) is 0.688. The number of amides is 1. The van der Waals surface area contributed by atoms with E-state index in [1.165, 1.54) is 0 Å². The Bertz CT molecular complexity index is 449. The molecule has 2 N–H and O–H groups in total. The number of allylic oxidation sites excluding steroid dienone is 3. The molecule has 0 aromatic heterocycles. The molecule has 1 fully saturated rings. The first-order valence-electron chi connectivity index (χ1n) is 7.64. The minimum atomic E-state index is -0.487. The van der Waals surface area contributed by atoms with Gasteiger partial charge in [-0.25, -0.2) is 4.79 Å². The second-order valence-electron chi connectivity index (χ2n) is 6.65. The monoisotopic (exact) mass is 294 g/mol. The van der Waals surface area contributed by atoms with Gasteiger partial charge in [-0.1, -0.05) is 12.2 Å². The van der Waals surface area contributed by atoms with Gasteiger partial charge in [0.25, 0.3) is 0 Å². The van der Waals surface area contributed by atoms with Gasteiger partial charge in [-0.2, -0.15) is 0 Å². The first-order chi connectivity index (χ1) is 9.87. The number of carbonyl (C=O) groups excluding carboxylic acids is 1. The molecule has 1 aliphatic heterocycles. The van der Waals surface area contributed by atoms with Gasteiger partial charge in [-0.3, -0.25) is 0 Å². The third-order valence-electron chi connectivity index (χ3n) is 3.67. The maximum Gasteiger partial charge on any atom is 0.410 e. The molecule has 2 aliphatic rings. The number of aliphatic hydroxyl groups is 1. The lowest BCUT2D eigenvalue weighted by Crippen LogP contribution is -2.54. The molecule has 0 spiro atoms. The van der Waals surface area contributed by atoms with Crippen molar-refractivity contribution in [2.75, 3.05) is 19.6 Å². The number of nitrogens with one attached hydrogen (secondary N) is 1. The van der Waals surface area contributed by atoms with Gasteiger partial charge in [0.2, 0.25) is 0 Å². The van der Waals surface area contributed by atoms with Crippen LogP contribution in [-0.4, -0.2) is 47.4 Å². The minimum absolute atomic E-state index is 0.0218. The van der Waals surface area contributed by atoms with E-state index >= 15 is 0 Å². The first-order valence-corrected chi connectivity index (χ1v) is 7.64. The van der Waals surface area contributed by atoms with Crippen LogP contribution >= 0.6 is 0 Å². The Labute approximate surface area is 126 Å². The number of aliphatic hydroxyl groups excluding tert-OH is 1. The summed E-state index contributed by atoms with van der Waals surface area (Å²) in [6.07, 6.45) is 6.01. The van der Waals surface area contributed by atoms with Crippen LogP contribution in [0, 0.1) is 0 Å². The fourth-order valence-electron chi connectivity index (χ4n) is 2.65. The van der Waals surface area contributed by atoms with Crippen LogP contribution in [0.25, 0.3) is 0 Å². The second-order valence-corrected chi connectivity index (χ2v) is 6.65. The molecule has 1 saturated heterocycles. The Balaban J connectivity index is 2.05. The Morgan fingerprint density at radius 1 is 1.52 bits per heavy atom. The molecule has 0 aromatic rings. The van der Waals surface area contributed by atoms with E-state index < -0.39 is 5.60 Å². The summed E-state index contributed by atoms with van der Waals surface area (Å²) in [5, 5.41) is 13.3. The van der Waals surface area contributed by atoms with E-state index in [9.17, 15) is 9.90 Å². The first kappa shape index (κ1) is 15.9. The summed E-state index contributed by atoms with van der Waals surface area (Å²) in [6, 6.07) is 0.0218. The van der Waals surface area contributed by atoms with E-state index in [-0.39, 0.29) is 12.1 Å². The summed E-state index contributed by atoms with van der Waals surface area (Å²) < 4.78 is 5.49. The highest BCUT2D eigenvalue weighted by Gasteiger charge is 2.31. The average Bonchev–Trinajstić information content (AvgIpc) is 2.40. The van der Waals surface area contributed by atoms with Crippen LogP contribution < -0.4 is 5.32 Å². The minimum Gasteiger partial charge on any atom is -0.512 e. The van der Waals surface area contributed by atoms with E-state index in [1.807, 2.05) is 26.8 Å². The maximum atomic E-state index is 12.3. The summed E-state index contributed by atoms with van der Waals surface area (Å²) >= 11 is 0. The second kappa shape index (κ2) is 6.52. The summed E-state index contributed by atoms with van der Waals surface area (Å²) in [5.74, 6) is 0.451. The summed E-state index contributed by atoms with van der Waals surface area (Å²) in [5.41, 5.74) is 0.446. The molecule has 118 valence electrons. The number of ether oxygens (including phenoxy) is 1. The topological polar surface area (TPSA) is 61.8 Å². The molecule has 1 atom stereocenters. The van der Waals surface area contributed by atoms with Crippen molar-refractivity contribution in [3.05, 3.63) is 23.5 Å². The van der Waals surface area contributed by atoms with Crippen molar-refractivity contribution in [1.82, 2.24) is 10.2 Å². The van der Waals surface area contributed by atoms with Crippen LogP contribution in [0.3, 0.4) is 0 Å².